The van der Waals surface area contributed by atoms with Crippen molar-refractivity contribution in [3.8, 4) is 17.2 Å². The summed E-state index contributed by atoms with van der Waals surface area (Å²) in [5.41, 5.74) is 4.24. The largest absolute Gasteiger partial charge is 0.493 e. The zero-order valence-corrected chi connectivity index (χ0v) is 21.6. The summed E-state index contributed by atoms with van der Waals surface area (Å²) in [6, 6.07) is 19.0. The number of methoxy groups -OCH3 is 2. The Morgan fingerprint density at radius 2 is 1.66 bits per heavy atom. The van der Waals surface area contributed by atoms with E-state index in [0.717, 1.165) is 5.56 Å². The van der Waals surface area contributed by atoms with Gasteiger partial charge < -0.3 is 24.8 Å². The summed E-state index contributed by atoms with van der Waals surface area (Å²) in [5, 5.41) is 9.44. The van der Waals surface area contributed by atoms with Crippen LogP contribution in [0.5, 0.6) is 17.2 Å². The van der Waals surface area contributed by atoms with E-state index in [1.54, 1.807) is 74.9 Å². The summed E-state index contributed by atoms with van der Waals surface area (Å²) in [6.07, 6.45) is 1.88. The third kappa shape index (κ3) is 8.52. The Kier molecular flexibility index (Phi) is 10.5. The highest BCUT2D eigenvalue weighted by atomic mass is 35.5. The number of hydrogen-bond acceptors (Lipinski definition) is 7. The Hall–Kier alpha value is -4.57. The molecule has 38 heavy (non-hydrogen) atoms. The Labute approximate surface area is 224 Å². The highest BCUT2D eigenvalue weighted by molar-refractivity contribution is 6.35. The zero-order valence-electron chi connectivity index (χ0n) is 20.8. The minimum Gasteiger partial charge on any atom is -0.493 e. The fourth-order valence-electron chi connectivity index (χ4n) is 3.20. The lowest BCUT2D eigenvalue weighted by atomic mass is 10.1. The van der Waals surface area contributed by atoms with Crippen LogP contribution in [0.25, 0.3) is 0 Å². The highest BCUT2D eigenvalue weighted by Crippen LogP contribution is 2.27. The van der Waals surface area contributed by atoms with Crippen LogP contribution < -0.4 is 30.3 Å². The molecule has 0 unspecified atom stereocenters. The van der Waals surface area contributed by atoms with Crippen molar-refractivity contribution in [3.63, 3.8) is 0 Å². The second kappa shape index (κ2) is 14.2. The summed E-state index contributed by atoms with van der Waals surface area (Å²) >= 11 is 6.02. The lowest BCUT2D eigenvalue weighted by molar-refractivity contribution is -0.139. The van der Waals surface area contributed by atoms with Crippen molar-refractivity contribution in [2.75, 3.05) is 32.7 Å². The molecule has 0 bridgehead atoms. The average Bonchev–Trinajstić information content (AvgIpc) is 2.93. The fraction of sp³-hybridized carbons (Fsp3) is 0.185. The van der Waals surface area contributed by atoms with Crippen molar-refractivity contribution in [1.29, 1.82) is 0 Å². The maximum absolute atomic E-state index is 12.1. The van der Waals surface area contributed by atoms with Crippen LogP contribution in [0.1, 0.15) is 11.1 Å². The smallest absolute Gasteiger partial charge is 0.329 e. The minimum absolute atomic E-state index is 0.199. The number of halogens is 1. The summed E-state index contributed by atoms with van der Waals surface area (Å²) in [6.45, 7) is 0.0547. The van der Waals surface area contributed by atoms with Gasteiger partial charge in [-0.05, 0) is 66.1 Å². The quantitative estimate of drug-likeness (QED) is 0.195. The number of carbonyl (C=O) groups excluding carboxylic acids is 3. The van der Waals surface area contributed by atoms with Gasteiger partial charge >= 0.3 is 11.8 Å². The Bertz CT molecular complexity index is 1300. The predicted molar refractivity (Wildman–Crippen MR) is 144 cm³/mol. The molecule has 0 fully saturated rings. The number of amides is 3. The number of ether oxygens (including phenoxy) is 3. The summed E-state index contributed by atoms with van der Waals surface area (Å²) < 4.78 is 15.9. The van der Waals surface area contributed by atoms with E-state index in [-0.39, 0.29) is 19.1 Å². The van der Waals surface area contributed by atoms with Crippen molar-refractivity contribution in [3.05, 3.63) is 82.9 Å². The molecule has 0 aliphatic rings. The van der Waals surface area contributed by atoms with E-state index < -0.39 is 11.8 Å². The second-order valence-corrected chi connectivity index (χ2v) is 8.19. The molecule has 3 amide bonds. The molecule has 198 valence electrons. The number of anilines is 1. The monoisotopic (exact) mass is 538 g/mol. The topological polar surface area (TPSA) is 127 Å². The SMILES string of the molecule is COc1ccc(CCNC(=O)C(=O)N/N=C\c2ccc(OCC(=O)Nc3ccccc3Cl)cc2)cc1OC. The molecule has 3 N–H and O–H groups in total. The number of para-hydroxylation sites is 1. The van der Waals surface area contributed by atoms with E-state index in [9.17, 15) is 14.4 Å². The molecule has 11 heteroatoms. The lowest BCUT2D eigenvalue weighted by Gasteiger charge is -2.10. The molecule has 10 nitrogen and oxygen atoms in total. The van der Waals surface area contributed by atoms with Gasteiger partial charge in [0.05, 0.1) is 31.1 Å². The third-order valence-electron chi connectivity index (χ3n) is 5.13. The molecule has 0 radical (unpaired) electrons. The Morgan fingerprint density at radius 3 is 2.37 bits per heavy atom. The first-order chi connectivity index (χ1) is 18.4. The average molecular weight is 539 g/mol. The van der Waals surface area contributed by atoms with E-state index in [1.807, 2.05) is 6.07 Å². The predicted octanol–water partition coefficient (Wildman–Crippen LogP) is 3.18. The highest BCUT2D eigenvalue weighted by Gasteiger charge is 2.12. The van der Waals surface area contributed by atoms with E-state index in [0.29, 0.717) is 39.9 Å². The van der Waals surface area contributed by atoms with Gasteiger partial charge in [-0.2, -0.15) is 5.10 Å². The van der Waals surface area contributed by atoms with Gasteiger partial charge in [0.25, 0.3) is 5.91 Å². The van der Waals surface area contributed by atoms with Crippen LogP contribution in [-0.2, 0) is 20.8 Å². The molecule has 0 atom stereocenters. The van der Waals surface area contributed by atoms with Crippen molar-refractivity contribution in [1.82, 2.24) is 10.7 Å². The first-order valence-corrected chi connectivity index (χ1v) is 11.9. The van der Waals surface area contributed by atoms with Crippen LogP contribution in [-0.4, -0.2) is 51.3 Å². The first kappa shape index (κ1) is 28.0. The van der Waals surface area contributed by atoms with E-state index in [2.05, 4.69) is 21.2 Å². The van der Waals surface area contributed by atoms with Crippen LogP contribution in [0.3, 0.4) is 0 Å². The number of rotatable bonds is 11. The number of benzene rings is 3. The van der Waals surface area contributed by atoms with Crippen molar-refractivity contribution in [2.24, 2.45) is 5.10 Å². The van der Waals surface area contributed by atoms with Crippen molar-refractivity contribution < 1.29 is 28.6 Å². The minimum atomic E-state index is -0.891. The number of nitrogens with one attached hydrogen (secondary N) is 3. The van der Waals surface area contributed by atoms with Crippen molar-refractivity contribution in [2.45, 2.75) is 6.42 Å². The molecule has 0 saturated heterocycles. The molecule has 3 aromatic carbocycles. The van der Waals surface area contributed by atoms with Gasteiger partial charge in [-0.15, -0.1) is 0 Å². The van der Waals surface area contributed by atoms with Crippen LogP contribution in [0.4, 0.5) is 5.69 Å². The van der Waals surface area contributed by atoms with Gasteiger partial charge in [-0.3, -0.25) is 14.4 Å². The van der Waals surface area contributed by atoms with Gasteiger partial charge in [-0.25, -0.2) is 5.43 Å². The molecule has 3 aromatic rings. The maximum Gasteiger partial charge on any atom is 0.329 e. The van der Waals surface area contributed by atoms with Crippen molar-refractivity contribution >= 4 is 41.2 Å². The molecular weight excluding hydrogens is 512 g/mol. The molecule has 0 aliphatic carbocycles. The second-order valence-electron chi connectivity index (χ2n) is 7.78. The van der Waals surface area contributed by atoms with Crippen LogP contribution in [0, 0.1) is 0 Å². The van der Waals surface area contributed by atoms with Gasteiger partial charge in [0.15, 0.2) is 18.1 Å². The standard InChI is InChI=1S/C27H27ClN4O6/c1-36-23-12-9-18(15-24(23)37-2)13-14-29-26(34)27(35)32-30-16-19-7-10-20(11-8-19)38-17-25(33)31-22-6-4-3-5-21(22)28/h3-12,15-16H,13-14,17H2,1-2H3,(H,29,34)(H,31,33)(H,32,35)/b30-16-. The summed E-state index contributed by atoms with van der Waals surface area (Å²) in [4.78, 5) is 36.0. The summed E-state index contributed by atoms with van der Waals surface area (Å²) in [7, 11) is 3.09. The molecular formula is C27H27ClN4O6. The Balaban J connectivity index is 1.38. The zero-order chi connectivity index (χ0) is 27.3. The number of nitrogens with zero attached hydrogens (tertiary/aromatic N) is 1. The van der Waals surface area contributed by atoms with Crippen LogP contribution in [0.2, 0.25) is 5.02 Å². The molecule has 0 saturated carbocycles. The molecule has 3 rings (SSSR count). The number of hydrazone groups is 1. The molecule has 0 aliphatic heterocycles. The van der Waals surface area contributed by atoms with Crippen LogP contribution >= 0.6 is 11.6 Å². The Morgan fingerprint density at radius 1 is 0.921 bits per heavy atom. The summed E-state index contributed by atoms with van der Waals surface area (Å²) in [5.74, 6) is -0.388. The normalized spacial score (nSPS) is 10.5. The van der Waals surface area contributed by atoms with Gasteiger partial charge in [0.2, 0.25) is 0 Å². The third-order valence-corrected chi connectivity index (χ3v) is 5.46. The van der Waals surface area contributed by atoms with Gasteiger partial charge in [-0.1, -0.05) is 29.8 Å². The maximum atomic E-state index is 12.1. The number of hydrogen-bond donors (Lipinski definition) is 3. The van der Waals surface area contributed by atoms with E-state index in [4.69, 9.17) is 25.8 Å². The molecule has 0 aromatic heterocycles. The van der Waals surface area contributed by atoms with E-state index in [1.165, 1.54) is 6.21 Å². The first-order valence-electron chi connectivity index (χ1n) is 11.5. The molecule has 0 heterocycles. The molecule has 0 spiro atoms. The number of carbonyl (C=O) groups is 3. The lowest BCUT2D eigenvalue weighted by Crippen LogP contribution is -2.38. The van der Waals surface area contributed by atoms with Crippen LogP contribution in [0.15, 0.2) is 71.8 Å². The van der Waals surface area contributed by atoms with Gasteiger partial charge in [0.1, 0.15) is 5.75 Å². The van der Waals surface area contributed by atoms with Gasteiger partial charge in [0, 0.05) is 6.54 Å². The fourth-order valence-corrected chi connectivity index (χ4v) is 3.38. The van der Waals surface area contributed by atoms with E-state index >= 15 is 0 Å².